The summed E-state index contributed by atoms with van der Waals surface area (Å²) >= 11 is 1.20. The molecule has 2 N–H and O–H groups in total. The molecule has 2 amide bonds. The van der Waals surface area contributed by atoms with E-state index in [0.29, 0.717) is 11.3 Å². The summed E-state index contributed by atoms with van der Waals surface area (Å²) < 4.78 is 4.99. The van der Waals surface area contributed by atoms with Crippen LogP contribution < -0.4 is 10.6 Å². The van der Waals surface area contributed by atoms with Crippen molar-refractivity contribution in [3.8, 4) is 0 Å². The van der Waals surface area contributed by atoms with Crippen molar-refractivity contribution in [1.82, 2.24) is 0 Å². The molecule has 0 saturated heterocycles. The zero-order valence-corrected chi connectivity index (χ0v) is 17.0. The third kappa shape index (κ3) is 6.42. The Morgan fingerprint density at radius 1 is 0.929 bits per heavy atom. The summed E-state index contributed by atoms with van der Waals surface area (Å²) in [5, 5.41) is 5.51. The van der Waals surface area contributed by atoms with Gasteiger partial charge >= 0.3 is 5.97 Å². The van der Waals surface area contributed by atoms with E-state index in [1.807, 2.05) is 32.0 Å². The van der Waals surface area contributed by atoms with Gasteiger partial charge in [0.2, 0.25) is 11.8 Å². The molecule has 6 nitrogen and oxygen atoms in total. The van der Waals surface area contributed by atoms with Crippen LogP contribution in [0.1, 0.15) is 28.4 Å². The molecular weight excluding hydrogens is 376 g/mol. The number of hydrogen-bond acceptors (Lipinski definition) is 5. The number of carbonyl (C=O) groups is 3. The highest BCUT2D eigenvalue weighted by Crippen LogP contribution is 2.17. The predicted octanol–water partition coefficient (Wildman–Crippen LogP) is 3.79. The predicted molar refractivity (Wildman–Crippen MR) is 113 cm³/mol. The number of ether oxygens (including phenoxy) is 1. The fourth-order valence-corrected chi connectivity index (χ4v) is 3.04. The monoisotopic (exact) mass is 400 g/mol. The van der Waals surface area contributed by atoms with E-state index in [-0.39, 0.29) is 29.9 Å². The van der Waals surface area contributed by atoms with Crippen LogP contribution in [0.25, 0.3) is 0 Å². The Morgan fingerprint density at radius 2 is 1.61 bits per heavy atom. The van der Waals surface area contributed by atoms with E-state index in [1.165, 1.54) is 11.8 Å². The highest BCUT2D eigenvalue weighted by atomic mass is 32.2. The minimum Gasteiger partial charge on any atom is -0.462 e. The lowest BCUT2D eigenvalue weighted by Crippen LogP contribution is -2.20. The molecule has 0 aliphatic rings. The van der Waals surface area contributed by atoms with Gasteiger partial charge in [0.05, 0.1) is 29.4 Å². The zero-order valence-electron chi connectivity index (χ0n) is 16.2. The second-order valence-corrected chi connectivity index (χ2v) is 7.14. The van der Waals surface area contributed by atoms with Gasteiger partial charge in [0, 0.05) is 5.69 Å². The number of rotatable bonds is 8. The van der Waals surface area contributed by atoms with Crippen molar-refractivity contribution in [1.29, 1.82) is 0 Å². The van der Waals surface area contributed by atoms with E-state index < -0.39 is 5.97 Å². The summed E-state index contributed by atoms with van der Waals surface area (Å²) in [6.45, 7) is 5.97. The number of aryl methyl sites for hydroxylation is 2. The van der Waals surface area contributed by atoms with Crippen molar-refractivity contribution in [2.75, 3.05) is 28.7 Å². The second-order valence-electron chi connectivity index (χ2n) is 6.15. The van der Waals surface area contributed by atoms with Gasteiger partial charge in [-0.3, -0.25) is 9.59 Å². The zero-order chi connectivity index (χ0) is 20.5. The molecule has 2 aromatic rings. The number of nitrogens with one attached hydrogen (secondary N) is 2. The average Bonchev–Trinajstić information content (AvgIpc) is 2.65. The fourth-order valence-electron chi connectivity index (χ4n) is 2.42. The van der Waals surface area contributed by atoms with Crippen molar-refractivity contribution < 1.29 is 19.1 Å². The van der Waals surface area contributed by atoms with Crippen LogP contribution in [0.15, 0.2) is 42.5 Å². The van der Waals surface area contributed by atoms with Gasteiger partial charge in [-0.05, 0) is 56.2 Å². The van der Waals surface area contributed by atoms with E-state index in [9.17, 15) is 14.4 Å². The quantitative estimate of drug-likeness (QED) is 0.659. The van der Waals surface area contributed by atoms with E-state index in [2.05, 4.69) is 10.6 Å². The number of benzene rings is 2. The van der Waals surface area contributed by atoms with Gasteiger partial charge in [-0.2, -0.15) is 0 Å². The molecule has 0 bridgehead atoms. The Bertz CT molecular complexity index is 867. The molecule has 0 saturated carbocycles. The molecule has 0 aliphatic carbocycles. The summed E-state index contributed by atoms with van der Waals surface area (Å²) in [6, 6.07) is 12.4. The number of thioether (sulfide) groups is 1. The lowest BCUT2D eigenvalue weighted by Gasteiger charge is -2.10. The Balaban J connectivity index is 1.82. The minimum atomic E-state index is -0.487. The molecule has 2 aromatic carbocycles. The molecule has 0 radical (unpaired) electrons. The molecule has 0 unspecified atom stereocenters. The largest absolute Gasteiger partial charge is 0.462 e. The number of carbonyl (C=O) groups excluding carboxylic acids is 3. The van der Waals surface area contributed by atoms with Crippen LogP contribution in [0.3, 0.4) is 0 Å². The number of amides is 2. The first-order valence-electron chi connectivity index (χ1n) is 8.91. The molecular formula is C21H24N2O4S. The molecule has 0 fully saturated rings. The third-order valence-electron chi connectivity index (χ3n) is 3.95. The molecule has 7 heteroatoms. The van der Waals surface area contributed by atoms with Crippen LogP contribution in [-0.2, 0) is 14.3 Å². The Labute approximate surface area is 169 Å². The first-order valence-corrected chi connectivity index (χ1v) is 10.1. The minimum absolute atomic E-state index is 0.0947. The summed E-state index contributed by atoms with van der Waals surface area (Å²) in [4.78, 5) is 36.1. The average molecular weight is 401 g/mol. The van der Waals surface area contributed by atoms with Gasteiger partial charge in [-0.25, -0.2) is 4.79 Å². The van der Waals surface area contributed by atoms with Gasteiger partial charge in [-0.15, -0.1) is 11.8 Å². The van der Waals surface area contributed by atoms with Crippen LogP contribution in [0.5, 0.6) is 0 Å². The van der Waals surface area contributed by atoms with Crippen LogP contribution >= 0.6 is 11.8 Å². The maximum atomic E-state index is 12.2. The lowest BCUT2D eigenvalue weighted by molar-refractivity contribution is -0.114. The maximum Gasteiger partial charge on any atom is 0.340 e. The summed E-state index contributed by atoms with van der Waals surface area (Å²) in [6.07, 6.45) is 0. The topological polar surface area (TPSA) is 84.5 Å². The van der Waals surface area contributed by atoms with Crippen LogP contribution in [-0.4, -0.2) is 35.9 Å². The first kappa shape index (κ1) is 21.5. The van der Waals surface area contributed by atoms with Crippen LogP contribution in [0.4, 0.5) is 11.4 Å². The van der Waals surface area contributed by atoms with Crippen molar-refractivity contribution in [3.05, 3.63) is 59.2 Å². The molecule has 0 aromatic heterocycles. The van der Waals surface area contributed by atoms with Crippen molar-refractivity contribution in [2.24, 2.45) is 0 Å². The molecule has 0 spiro atoms. The standard InChI is InChI=1S/C21H24N2O4S/c1-4-27-21(26)17-7-5-6-8-18(17)23-20(25)13-28-12-19(24)22-16-10-9-14(2)15(3)11-16/h5-11H,4,12-13H2,1-3H3,(H,22,24)(H,23,25). The Hall–Kier alpha value is -2.80. The molecule has 148 valence electrons. The molecule has 0 heterocycles. The van der Waals surface area contributed by atoms with Gasteiger partial charge in [0.15, 0.2) is 0 Å². The van der Waals surface area contributed by atoms with Gasteiger partial charge in [-0.1, -0.05) is 18.2 Å². The van der Waals surface area contributed by atoms with Crippen LogP contribution in [0, 0.1) is 13.8 Å². The summed E-state index contributed by atoms with van der Waals surface area (Å²) in [5.41, 5.74) is 3.69. The van der Waals surface area contributed by atoms with Gasteiger partial charge < -0.3 is 15.4 Å². The van der Waals surface area contributed by atoms with Crippen molar-refractivity contribution in [2.45, 2.75) is 20.8 Å². The summed E-state index contributed by atoms with van der Waals surface area (Å²) in [7, 11) is 0. The maximum absolute atomic E-state index is 12.2. The van der Waals surface area contributed by atoms with Crippen molar-refractivity contribution in [3.63, 3.8) is 0 Å². The smallest absolute Gasteiger partial charge is 0.340 e. The number of para-hydroxylation sites is 1. The highest BCUT2D eigenvalue weighted by molar-refractivity contribution is 8.00. The van der Waals surface area contributed by atoms with Crippen molar-refractivity contribution >= 4 is 40.9 Å². The first-order chi connectivity index (χ1) is 13.4. The van der Waals surface area contributed by atoms with Crippen LogP contribution in [0.2, 0.25) is 0 Å². The lowest BCUT2D eigenvalue weighted by atomic mass is 10.1. The van der Waals surface area contributed by atoms with Gasteiger partial charge in [0.25, 0.3) is 0 Å². The highest BCUT2D eigenvalue weighted by Gasteiger charge is 2.14. The van der Waals surface area contributed by atoms with E-state index in [4.69, 9.17) is 4.74 Å². The molecule has 28 heavy (non-hydrogen) atoms. The molecule has 0 atom stereocenters. The Kier molecular flexibility index (Phi) is 8.07. The normalized spacial score (nSPS) is 10.2. The number of hydrogen-bond donors (Lipinski definition) is 2. The molecule has 2 rings (SSSR count). The van der Waals surface area contributed by atoms with E-state index in [1.54, 1.807) is 31.2 Å². The number of anilines is 2. The number of esters is 1. The third-order valence-corrected chi connectivity index (χ3v) is 4.89. The Morgan fingerprint density at radius 3 is 2.29 bits per heavy atom. The SMILES string of the molecule is CCOC(=O)c1ccccc1NC(=O)CSCC(=O)Nc1ccc(C)c(C)c1. The summed E-state index contributed by atoms with van der Waals surface area (Å²) in [5.74, 6) is -0.704. The van der Waals surface area contributed by atoms with E-state index in [0.717, 1.165) is 16.8 Å². The second kappa shape index (κ2) is 10.5. The fraction of sp³-hybridized carbons (Fsp3) is 0.286. The van der Waals surface area contributed by atoms with E-state index >= 15 is 0 Å². The molecule has 0 aliphatic heterocycles. The van der Waals surface area contributed by atoms with Gasteiger partial charge in [0.1, 0.15) is 0 Å².